The van der Waals surface area contributed by atoms with E-state index in [1.54, 1.807) is 6.92 Å². The van der Waals surface area contributed by atoms with Crippen LogP contribution < -0.4 is 15.4 Å². The largest absolute Gasteiger partial charge is 0.459 e. The van der Waals surface area contributed by atoms with Gasteiger partial charge in [-0.05, 0) is 62.4 Å². The molecular weight excluding hydrogens is 380 g/mol. The number of hydrogen-bond acceptors (Lipinski definition) is 4. The molecule has 1 aliphatic carbocycles. The van der Waals surface area contributed by atoms with Crippen LogP contribution in [-0.2, 0) is 9.53 Å². The maximum atomic E-state index is 13.0. The summed E-state index contributed by atoms with van der Waals surface area (Å²) in [5.74, 6) is 0.961. The number of carbonyl (C=O) groups excluding carboxylic acids is 2. The molecule has 2 N–H and O–H groups in total. The first-order valence-corrected chi connectivity index (χ1v) is 10.4. The summed E-state index contributed by atoms with van der Waals surface area (Å²) in [7, 11) is 0. The Kier molecular flexibility index (Phi) is 6.02. The smallest absolute Gasteiger partial charge is 0.338 e. The Morgan fingerprint density at radius 1 is 0.967 bits per heavy atom. The van der Waals surface area contributed by atoms with Crippen LogP contribution >= 0.6 is 0 Å². The van der Waals surface area contributed by atoms with Crippen molar-refractivity contribution in [2.75, 3.05) is 0 Å². The lowest BCUT2D eigenvalue weighted by molar-refractivity contribution is -0.146. The Morgan fingerprint density at radius 3 is 2.47 bits per heavy atom. The zero-order chi connectivity index (χ0) is 20.9. The number of benzene rings is 2. The maximum Gasteiger partial charge on any atom is 0.338 e. The van der Waals surface area contributed by atoms with Crippen LogP contribution in [0, 0.1) is 0 Å². The van der Waals surface area contributed by atoms with Gasteiger partial charge in [0, 0.05) is 5.70 Å². The van der Waals surface area contributed by atoms with E-state index in [9.17, 15) is 9.59 Å². The van der Waals surface area contributed by atoms with Crippen molar-refractivity contribution in [2.24, 2.45) is 0 Å². The Labute approximate surface area is 176 Å². The van der Waals surface area contributed by atoms with Gasteiger partial charge in [-0.1, -0.05) is 36.8 Å². The van der Waals surface area contributed by atoms with Gasteiger partial charge in [0.25, 0.3) is 0 Å². The predicted molar refractivity (Wildman–Crippen MR) is 113 cm³/mol. The monoisotopic (exact) mass is 406 g/mol. The summed E-state index contributed by atoms with van der Waals surface area (Å²) in [6.45, 7) is 1.73. The molecule has 30 heavy (non-hydrogen) atoms. The van der Waals surface area contributed by atoms with E-state index in [2.05, 4.69) is 10.6 Å². The van der Waals surface area contributed by atoms with Crippen molar-refractivity contribution in [1.29, 1.82) is 0 Å². The predicted octanol–water partition coefficient (Wildman–Crippen LogP) is 4.98. The van der Waals surface area contributed by atoms with Gasteiger partial charge in [0.05, 0.1) is 11.6 Å². The highest BCUT2D eigenvalue weighted by Crippen LogP contribution is 2.32. The van der Waals surface area contributed by atoms with Crippen LogP contribution in [-0.4, -0.2) is 18.1 Å². The second-order valence-electron chi connectivity index (χ2n) is 7.72. The van der Waals surface area contributed by atoms with Crippen molar-refractivity contribution in [2.45, 2.75) is 51.2 Å². The average molecular weight is 406 g/mol. The number of allylic oxidation sites excluding steroid dienone is 1. The zero-order valence-electron chi connectivity index (χ0n) is 17.0. The van der Waals surface area contributed by atoms with Crippen LogP contribution in [0.25, 0.3) is 0 Å². The summed E-state index contributed by atoms with van der Waals surface area (Å²) in [6.07, 6.45) is 5.06. The molecule has 4 rings (SSSR count). The van der Waals surface area contributed by atoms with Crippen molar-refractivity contribution < 1.29 is 19.1 Å². The van der Waals surface area contributed by atoms with E-state index < -0.39 is 6.04 Å². The summed E-state index contributed by atoms with van der Waals surface area (Å²) in [6, 6.07) is 15.9. The van der Waals surface area contributed by atoms with E-state index in [0.717, 1.165) is 31.2 Å². The number of nitrogens with one attached hydrogen (secondary N) is 2. The lowest BCUT2D eigenvalue weighted by Gasteiger charge is -2.30. The number of carbonyl (C=O) groups is 2. The molecule has 2 aromatic rings. The molecule has 2 aromatic carbocycles. The maximum absolute atomic E-state index is 13.0. The van der Waals surface area contributed by atoms with Gasteiger partial charge < -0.3 is 20.1 Å². The molecule has 1 saturated carbocycles. The molecule has 0 spiro atoms. The number of rotatable bonds is 5. The van der Waals surface area contributed by atoms with E-state index in [-0.39, 0.29) is 18.1 Å². The number of urea groups is 1. The normalized spacial score (nSPS) is 19.6. The highest BCUT2D eigenvalue weighted by Gasteiger charge is 2.33. The SMILES string of the molecule is CC1=C(C(=O)OC2CCCCC2)[C@@H](c2cccc(Oc3ccccc3)c2)NC(=O)N1. The third-order valence-electron chi connectivity index (χ3n) is 5.49. The molecular formula is C24H26N2O4. The van der Waals surface area contributed by atoms with Crippen LogP contribution in [0.3, 0.4) is 0 Å². The highest BCUT2D eigenvalue weighted by atomic mass is 16.5. The average Bonchev–Trinajstić information content (AvgIpc) is 2.75. The van der Waals surface area contributed by atoms with Crippen molar-refractivity contribution in [1.82, 2.24) is 10.6 Å². The second-order valence-corrected chi connectivity index (χ2v) is 7.72. The summed E-state index contributed by atoms with van der Waals surface area (Å²) in [5.41, 5.74) is 1.70. The molecule has 0 bridgehead atoms. The first-order valence-electron chi connectivity index (χ1n) is 10.4. The molecule has 6 nitrogen and oxygen atoms in total. The molecule has 6 heteroatoms. The minimum Gasteiger partial charge on any atom is -0.459 e. The topological polar surface area (TPSA) is 76.7 Å². The molecule has 2 amide bonds. The van der Waals surface area contributed by atoms with Gasteiger partial charge in [-0.25, -0.2) is 9.59 Å². The molecule has 1 atom stereocenters. The van der Waals surface area contributed by atoms with E-state index in [1.165, 1.54) is 6.42 Å². The highest BCUT2D eigenvalue weighted by molar-refractivity contribution is 5.95. The minimum atomic E-state index is -0.603. The summed E-state index contributed by atoms with van der Waals surface area (Å²) >= 11 is 0. The minimum absolute atomic E-state index is 0.0578. The molecule has 0 aromatic heterocycles. The molecule has 0 radical (unpaired) electrons. The third-order valence-corrected chi connectivity index (χ3v) is 5.49. The summed E-state index contributed by atoms with van der Waals surface area (Å²) in [4.78, 5) is 25.2. The zero-order valence-corrected chi connectivity index (χ0v) is 17.0. The van der Waals surface area contributed by atoms with E-state index >= 15 is 0 Å². The van der Waals surface area contributed by atoms with Crippen LogP contribution in [0.2, 0.25) is 0 Å². The van der Waals surface area contributed by atoms with Gasteiger partial charge in [-0.3, -0.25) is 0 Å². The Morgan fingerprint density at radius 2 is 1.70 bits per heavy atom. The summed E-state index contributed by atoms with van der Waals surface area (Å²) < 4.78 is 11.7. The standard InChI is InChI=1S/C24H26N2O4/c1-16-21(23(27)30-19-12-6-3-7-13-19)22(26-24(28)25-16)17-9-8-14-20(15-17)29-18-10-4-2-5-11-18/h2,4-5,8-11,14-15,19,22H,3,6-7,12-13H2,1H3,(H2,25,26,28)/t22-/m1/s1. The van der Waals surface area contributed by atoms with Crippen LogP contribution in [0.4, 0.5) is 4.79 Å². The Bertz CT molecular complexity index is 949. The first kappa shape index (κ1) is 20.0. The quantitative estimate of drug-likeness (QED) is 0.687. The number of amides is 2. The van der Waals surface area contributed by atoms with E-state index in [0.29, 0.717) is 22.8 Å². The molecule has 0 unspecified atom stereocenters. The number of esters is 1. The molecule has 1 heterocycles. The van der Waals surface area contributed by atoms with Crippen molar-refractivity contribution in [3.05, 3.63) is 71.4 Å². The summed E-state index contributed by atoms with van der Waals surface area (Å²) in [5, 5.41) is 5.56. The molecule has 1 aliphatic heterocycles. The van der Waals surface area contributed by atoms with Crippen LogP contribution in [0.15, 0.2) is 65.9 Å². The van der Waals surface area contributed by atoms with E-state index in [4.69, 9.17) is 9.47 Å². The van der Waals surface area contributed by atoms with Gasteiger partial charge >= 0.3 is 12.0 Å². The lowest BCUT2D eigenvalue weighted by Crippen LogP contribution is -2.45. The number of hydrogen-bond donors (Lipinski definition) is 2. The van der Waals surface area contributed by atoms with Crippen LogP contribution in [0.5, 0.6) is 11.5 Å². The molecule has 1 fully saturated rings. The van der Waals surface area contributed by atoms with Gasteiger partial charge in [-0.2, -0.15) is 0 Å². The van der Waals surface area contributed by atoms with Gasteiger partial charge in [0.1, 0.15) is 17.6 Å². The first-order chi connectivity index (χ1) is 14.6. The fourth-order valence-corrected chi connectivity index (χ4v) is 3.99. The van der Waals surface area contributed by atoms with Crippen molar-refractivity contribution in [3.63, 3.8) is 0 Å². The van der Waals surface area contributed by atoms with Crippen molar-refractivity contribution >= 4 is 12.0 Å². The fourth-order valence-electron chi connectivity index (χ4n) is 3.99. The van der Waals surface area contributed by atoms with Gasteiger partial charge in [0.2, 0.25) is 0 Å². The Hall–Kier alpha value is -3.28. The number of para-hydroxylation sites is 1. The number of ether oxygens (including phenoxy) is 2. The van der Waals surface area contributed by atoms with Gasteiger partial charge in [0.15, 0.2) is 0 Å². The van der Waals surface area contributed by atoms with E-state index in [1.807, 2.05) is 54.6 Å². The Balaban J connectivity index is 1.59. The van der Waals surface area contributed by atoms with Crippen LogP contribution in [0.1, 0.15) is 50.6 Å². The third kappa shape index (κ3) is 4.64. The van der Waals surface area contributed by atoms with Gasteiger partial charge in [-0.15, -0.1) is 0 Å². The molecule has 2 aliphatic rings. The molecule has 0 saturated heterocycles. The lowest BCUT2D eigenvalue weighted by atomic mass is 9.94. The fraction of sp³-hybridized carbons (Fsp3) is 0.333. The van der Waals surface area contributed by atoms with Crippen molar-refractivity contribution in [3.8, 4) is 11.5 Å². The molecule has 156 valence electrons. The second kappa shape index (κ2) is 9.03.